The first-order valence-corrected chi connectivity index (χ1v) is 9.11. The number of ether oxygens (including phenoxy) is 2. The van der Waals surface area contributed by atoms with Crippen LogP contribution in [0.3, 0.4) is 0 Å². The summed E-state index contributed by atoms with van der Waals surface area (Å²) in [4.78, 5) is 10.7. The first-order valence-electron chi connectivity index (χ1n) is 6.32. The molecule has 0 saturated carbocycles. The molecule has 0 aliphatic heterocycles. The molecule has 22 heavy (non-hydrogen) atoms. The van der Waals surface area contributed by atoms with Crippen molar-refractivity contribution in [3.05, 3.63) is 24.3 Å². The number of hydrogen-bond acceptors (Lipinski definition) is 8. The van der Waals surface area contributed by atoms with Gasteiger partial charge in [0.1, 0.15) is 0 Å². The van der Waals surface area contributed by atoms with Gasteiger partial charge in [-0.25, -0.2) is 0 Å². The number of amides is 1. The van der Waals surface area contributed by atoms with E-state index in [1.54, 1.807) is 18.9 Å². The van der Waals surface area contributed by atoms with E-state index in [1.165, 1.54) is 23.1 Å². The average molecular weight is 357 g/mol. The molecule has 1 aromatic heterocycles. The van der Waals surface area contributed by atoms with E-state index in [2.05, 4.69) is 10.2 Å². The standard InChI is InChI=1S/C13H15N3O3S3/c1-18-9-4-2-3-5-10(9)19-6-7-20-12-15-16-13(22-12)21-8-11(14)17/h2-5H,6-8H2,1H3,(H2,14,17). The minimum Gasteiger partial charge on any atom is -0.493 e. The van der Waals surface area contributed by atoms with Gasteiger partial charge in [0.05, 0.1) is 19.5 Å². The summed E-state index contributed by atoms with van der Waals surface area (Å²) >= 11 is 4.30. The maximum absolute atomic E-state index is 10.7. The monoisotopic (exact) mass is 357 g/mol. The van der Waals surface area contributed by atoms with Crippen molar-refractivity contribution in [3.8, 4) is 11.5 Å². The molecule has 9 heteroatoms. The van der Waals surface area contributed by atoms with E-state index in [1.807, 2.05) is 24.3 Å². The molecule has 2 rings (SSSR count). The van der Waals surface area contributed by atoms with Crippen molar-refractivity contribution >= 4 is 40.8 Å². The number of carbonyl (C=O) groups excluding carboxylic acids is 1. The van der Waals surface area contributed by atoms with Crippen LogP contribution in [0, 0.1) is 0 Å². The van der Waals surface area contributed by atoms with Crippen LogP contribution in [-0.2, 0) is 4.79 Å². The number of aromatic nitrogens is 2. The van der Waals surface area contributed by atoms with Gasteiger partial charge in [0.25, 0.3) is 0 Å². The molecule has 0 bridgehead atoms. The number of carbonyl (C=O) groups is 1. The third-order valence-electron chi connectivity index (χ3n) is 2.36. The normalized spacial score (nSPS) is 10.4. The highest BCUT2D eigenvalue weighted by Gasteiger charge is 2.07. The van der Waals surface area contributed by atoms with Gasteiger partial charge in [-0.3, -0.25) is 4.79 Å². The number of nitrogens with zero attached hydrogens (tertiary/aromatic N) is 2. The maximum Gasteiger partial charge on any atom is 0.227 e. The third kappa shape index (κ3) is 5.39. The topological polar surface area (TPSA) is 87.3 Å². The minimum absolute atomic E-state index is 0.218. The van der Waals surface area contributed by atoms with Crippen molar-refractivity contribution in [2.24, 2.45) is 5.73 Å². The number of rotatable bonds is 9. The lowest BCUT2D eigenvalue weighted by atomic mass is 10.3. The van der Waals surface area contributed by atoms with Crippen LogP contribution in [-0.4, -0.2) is 41.3 Å². The smallest absolute Gasteiger partial charge is 0.227 e. The second kappa shape index (κ2) is 8.86. The molecule has 1 amide bonds. The van der Waals surface area contributed by atoms with Crippen LogP contribution in [0.1, 0.15) is 0 Å². The Morgan fingerprint density at radius 1 is 1.23 bits per heavy atom. The molecule has 0 saturated heterocycles. The molecule has 0 aliphatic carbocycles. The predicted molar refractivity (Wildman–Crippen MR) is 89.0 cm³/mol. The number of benzene rings is 1. The van der Waals surface area contributed by atoms with E-state index in [4.69, 9.17) is 15.2 Å². The van der Waals surface area contributed by atoms with E-state index >= 15 is 0 Å². The van der Waals surface area contributed by atoms with Crippen LogP contribution in [0.25, 0.3) is 0 Å². The highest BCUT2D eigenvalue weighted by atomic mass is 32.2. The molecule has 0 aliphatic rings. The molecule has 0 atom stereocenters. The van der Waals surface area contributed by atoms with E-state index in [0.717, 1.165) is 20.2 Å². The fraction of sp³-hybridized carbons (Fsp3) is 0.308. The Morgan fingerprint density at radius 2 is 1.91 bits per heavy atom. The minimum atomic E-state index is -0.361. The number of primary amides is 1. The lowest BCUT2D eigenvalue weighted by Gasteiger charge is -2.09. The van der Waals surface area contributed by atoms with Crippen LogP contribution in [0.2, 0.25) is 0 Å². The van der Waals surface area contributed by atoms with Crippen molar-refractivity contribution in [3.63, 3.8) is 0 Å². The quantitative estimate of drug-likeness (QED) is 0.544. The van der Waals surface area contributed by atoms with Crippen LogP contribution < -0.4 is 15.2 Å². The zero-order valence-electron chi connectivity index (χ0n) is 11.9. The first-order chi connectivity index (χ1) is 10.7. The van der Waals surface area contributed by atoms with Crippen LogP contribution in [0.15, 0.2) is 32.9 Å². The Kier molecular flexibility index (Phi) is 6.81. The summed E-state index contributed by atoms with van der Waals surface area (Å²) in [6, 6.07) is 7.52. The lowest BCUT2D eigenvalue weighted by Crippen LogP contribution is -2.12. The molecule has 2 aromatic rings. The highest BCUT2D eigenvalue weighted by Crippen LogP contribution is 2.29. The van der Waals surface area contributed by atoms with E-state index < -0.39 is 0 Å². The fourth-order valence-electron chi connectivity index (χ4n) is 1.47. The fourth-order valence-corrected chi connectivity index (χ4v) is 4.11. The summed E-state index contributed by atoms with van der Waals surface area (Å²) in [6.45, 7) is 0.536. The molecule has 118 valence electrons. The number of methoxy groups -OCH3 is 1. The van der Waals surface area contributed by atoms with Gasteiger partial charge in [0.15, 0.2) is 20.2 Å². The van der Waals surface area contributed by atoms with Crippen LogP contribution >= 0.6 is 34.9 Å². The highest BCUT2D eigenvalue weighted by molar-refractivity contribution is 8.03. The summed E-state index contributed by atoms with van der Waals surface area (Å²) in [5, 5.41) is 8.05. The zero-order chi connectivity index (χ0) is 15.8. The molecule has 0 unspecified atom stereocenters. The van der Waals surface area contributed by atoms with Gasteiger partial charge in [-0.15, -0.1) is 10.2 Å². The summed E-state index contributed by atoms with van der Waals surface area (Å²) in [5.41, 5.74) is 5.09. The summed E-state index contributed by atoms with van der Waals surface area (Å²) in [6.07, 6.45) is 0. The Bertz CT molecular complexity index is 621. The predicted octanol–water partition coefficient (Wildman–Crippen LogP) is 2.30. The van der Waals surface area contributed by atoms with Crippen molar-refractivity contribution < 1.29 is 14.3 Å². The van der Waals surface area contributed by atoms with Crippen molar-refractivity contribution in [2.75, 3.05) is 25.2 Å². The molecular formula is C13H15N3O3S3. The maximum atomic E-state index is 10.7. The second-order valence-electron chi connectivity index (χ2n) is 3.94. The largest absolute Gasteiger partial charge is 0.493 e. The molecule has 0 spiro atoms. The molecule has 1 aromatic carbocycles. The Balaban J connectivity index is 1.73. The van der Waals surface area contributed by atoms with Gasteiger partial charge in [-0.05, 0) is 12.1 Å². The van der Waals surface area contributed by atoms with Gasteiger partial charge in [-0.1, -0.05) is 47.0 Å². The molecule has 1 heterocycles. The summed E-state index contributed by atoms with van der Waals surface area (Å²) < 4.78 is 12.5. The van der Waals surface area contributed by atoms with Gasteiger partial charge in [0.2, 0.25) is 5.91 Å². The van der Waals surface area contributed by atoms with E-state index in [9.17, 15) is 4.79 Å². The van der Waals surface area contributed by atoms with Crippen LogP contribution in [0.4, 0.5) is 0 Å². The third-order valence-corrected chi connectivity index (χ3v) is 5.54. The van der Waals surface area contributed by atoms with E-state index in [0.29, 0.717) is 12.4 Å². The summed E-state index contributed by atoms with van der Waals surface area (Å²) in [5.74, 6) is 2.04. The molecule has 0 radical (unpaired) electrons. The Morgan fingerprint density at radius 3 is 2.59 bits per heavy atom. The van der Waals surface area contributed by atoms with Gasteiger partial charge < -0.3 is 15.2 Å². The number of para-hydroxylation sites is 2. The van der Waals surface area contributed by atoms with Gasteiger partial charge in [-0.2, -0.15) is 0 Å². The zero-order valence-corrected chi connectivity index (χ0v) is 14.3. The molecule has 0 fully saturated rings. The van der Waals surface area contributed by atoms with Crippen LogP contribution in [0.5, 0.6) is 11.5 Å². The molecular weight excluding hydrogens is 342 g/mol. The number of hydrogen-bond donors (Lipinski definition) is 1. The lowest BCUT2D eigenvalue weighted by molar-refractivity contribution is -0.115. The number of nitrogens with two attached hydrogens (primary N) is 1. The van der Waals surface area contributed by atoms with Crippen molar-refractivity contribution in [1.82, 2.24) is 10.2 Å². The van der Waals surface area contributed by atoms with Gasteiger partial charge in [0, 0.05) is 5.75 Å². The first kappa shape index (κ1) is 16.9. The average Bonchev–Trinajstić information content (AvgIpc) is 2.98. The van der Waals surface area contributed by atoms with Crippen molar-refractivity contribution in [2.45, 2.75) is 8.68 Å². The molecule has 6 nitrogen and oxygen atoms in total. The van der Waals surface area contributed by atoms with Crippen molar-refractivity contribution in [1.29, 1.82) is 0 Å². The Labute approximate surface area is 140 Å². The Hall–Kier alpha value is -1.45. The van der Waals surface area contributed by atoms with Gasteiger partial charge >= 0.3 is 0 Å². The summed E-state index contributed by atoms with van der Waals surface area (Å²) in [7, 11) is 1.61. The molecule has 2 N–H and O–H groups in total. The SMILES string of the molecule is COc1ccccc1OCCSc1nnc(SCC(N)=O)s1. The second-order valence-corrected chi connectivity index (χ2v) is 7.48. The number of thioether (sulfide) groups is 2. The van der Waals surface area contributed by atoms with E-state index in [-0.39, 0.29) is 11.7 Å².